The zero-order valence-corrected chi connectivity index (χ0v) is 14.7. The lowest BCUT2D eigenvalue weighted by atomic mass is 10.3. The lowest BCUT2D eigenvalue weighted by Gasteiger charge is -2.10. The van der Waals surface area contributed by atoms with E-state index in [0.717, 1.165) is 17.0 Å². The molecule has 0 aliphatic carbocycles. The van der Waals surface area contributed by atoms with Crippen LogP contribution in [-0.4, -0.2) is 12.5 Å². The van der Waals surface area contributed by atoms with Crippen molar-refractivity contribution < 1.29 is 14.3 Å². The van der Waals surface area contributed by atoms with E-state index >= 15 is 0 Å². The normalized spacial score (nSPS) is 10.3. The molecule has 0 saturated heterocycles. The lowest BCUT2D eigenvalue weighted by molar-refractivity contribution is 0.103. The second-order valence-electron chi connectivity index (χ2n) is 5.31. The van der Waals surface area contributed by atoms with Gasteiger partial charge in [-0.2, -0.15) is 0 Å². The van der Waals surface area contributed by atoms with Crippen LogP contribution < -0.4 is 14.8 Å². The first-order valence-electron chi connectivity index (χ1n) is 8.04. The summed E-state index contributed by atoms with van der Waals surface area (Å²) < 4.78 is 11.4. The van der Waals surface area contributed by atoms with Crippen LogP contribution in [0, 0.1) is 0 Å². The lowest BCUT2D eigenvalue weighted by Crippen LogP contribution is -2.09. The summed E-state index contributed by atoms with van der Waals surface area (Å²) in [6.07, 6.45) is 0. The van der Waals surface area contributed by atoms with Gasteiger partial charge in [0.1, 0.15) is 6.61 Å². The van der Waals surface area contributed by atoms with Gasteiger partial charge in [-0.1, -0.05) is 30.3 Å². The fourth-order valence-corrected chi connectivity index (χ4v) is 3.08. The standard InChI is InChI=1S/C20H19NO3S/c1-2-23-17-10-6-7-11-18(17)24-13-15-12-19(25-14-15)20(22)21-16-8-4-3-5-9-16/h3-12,14H,2,13H2,1H3,(H,21,22). The summed E-state index contributed by atoms with van der Waals surface area (Å²) in [6, 6.07) is 18.8. The van der Waals surface area contributed by atoms with E-state index in [2.05, 4.69) is 5.32 Å². The first-order chi connectivity index (χ1) is 12.3. The molecule has 0 spiro atoms. The zero-order chi connectivity index (χ0) is 17.5. The number of para-hydroxylation sites is 3. The maximum Gasteiger partial charge on any atom is 0.265 e. The molecule has 0 fully saturated rings. The van der Waals surface area contributed by atoms with Crippen LogP contribution in [0.1, 0.15) is 22.2 Å². The van der Waals surface area contributed by atoms with Crippen LogP contribution >= 0.6 is 11.3 Å². The fraction of sp³-hybridized carbons (Fsp3) is 0.150. The van der Waals surface area contributed by atoms with Gasteiger partial charge in [0.2, 0.25) is 0 Å². The SMILES string of the molecule is CCOc1ccccc1OCc1csc(C(=O)Nc2ccccc2)c1. The summed E-state index contributed by atoms with van der Waals surface area (Å²) >= 11 is 1.40. The summed E-state index contributed by atoms with van der Waals surface area (Å²) in [7, 11) is 0. The van der Waals surface area contributed by atoms with E-state index in [0.29, 0.717) is 23.8 Å². The van der Waals surface area contributed by atoms with Crippen molar-refractivity contribution in [2.24, 2.45) is 0 Å². The summed E-state index contributed by atoms with van der Waals surface area (Å²) in [5.41, 5.74) is 1.74. The minimum atomic E-state index is -0.114. The number of nitrogens with one attached hydrogen (secondary N) is 1. The third-order valence-corrected chi connectivity index (χ3v) is 4.43. The number of amides is 1. The number of hydrogen-bond acceptors (Lipinski definition) is 4. The Hall–Kier alpha value is -2.79. The summed E-state index contributed by atoms with van der Waals surface area (Å²) in [4.78, 5) is 12.9. The van der Waals surface area contributed by atoms with Crippen LogP contribution in [-0.2, 0) is 6.61 Å². The van der Waals surface area contributed by atoms with Gasteiger partial charge in [-0.05, 0) is 42.6 Å². The molecule has 3 rings (SSSR count). The van der Waals surface area contributed by atoms with E-state index in [1.807, 2.05) is 73.0 Å². The van der Waals surface area contributed by atoms with Gasteiger partial charge in [-0.25, -0.2) is 0 Å². The predicted octanol–water partition coefficient (Wildman–Crippen LogP) is 4.98. The van der Waals surface area contributed by atoms with Crippen molar-refractivity contribution in [1.29, 1.82) is 0 Å². The van der Waals surface area contributed by atoms with Gasteiger partial charge in [-0.15, -0.1) is 11.3 Å². The average molecular weight is 353 g/mol. The molecule has 0 radical (unpaired) electrons. The van der Waals surface area contributed by atoms with E-state index in [-0.39, 0.29) is 5.91 Å². The predicted molar refractivity (Wildman–Crippen MR) is 101 cm³/mol. The number of anilines is 1. The van der Waals surface area contributed by atoms with Gasteiger partial charge in [0.05, 0.1) is 11.5 Å². The molecule has 0 unspecified atom stereocenters. The molecule has 1 heterocycles. The van der Waals surface area contributed by atoms with Gasteiger partial charge in [0.25, 0.3) is 5.91 Å². The molecule has 1 amide bonds. The molecule has 0 aliphatic rings. The molecule has 25 heavy (non-hydrogen) atoms. The van der Waals surface area contributed by atoms with Crippen LogP contribution in [0.15, 0.2) is 66.0 Å². The largest absolute Gasteiger partial charge is 0.490 e. The van der Waals surface area contributed by atoms with E-state index < -0.39 is 0 Å². The summed E-state index contributed by atoms with van der Waals surface area (Å²) in [5, 5.41) is 4.82. The van der Waals surface area contributed by atoms with Gasteiger partial charge in [0.15, 0.2) is 11.5 Å². The summed E-state index contributed by atoms with van der Waals surface area (Å²) in [5.74, 6) is 1.31. The van der Waals surface area contributed by atoms with Crippen molar-refractivity contribution in [1.82, 2.24) is 0 Å². The minimum absolute atomic E-state index is 0.114. The molecule has 1 aromatic heterocycles. The Kier molecular flexibility index (Phi) is 5.69. The highest BCUT2D eigenvalue weighted by molar-refractivity contribution is 7.12. The van der Waals surface area contributed by atoms with Gasteiger partial charge >= 0.3 is 0 Å². The second-order valence-corrected chi connectivity index (χ2v) is 6.22. The zero-order valence-electron chi connectivity index (χ0n) is 13.9. The van der Waals surface area contributed by atoms with Crippen molar-refractivity contribution in [3.63, 3.8) is 0 Å². The van der Waals surface area contributed by atoms with E-state index in [4.69, 9.17) is 9.47 Å². The first kappa shape index (κ1) is 17.0. The van der Waals surface area contributed by atoms with Gasteiger partial charge in [-0.3, -0.25) is 4.79 Å². The van der Waals surface area contributed by atoms with Crippen LogP contribution in [0.4, 0.5) is 5.69 Å². The monoisotopic (exact) mass is 353 g/mol. The topological polar surface area (TPSA) is 47.6 Å². The Balaban J connectivity index is 1.61. The number of ether oxygens (including phenoxy) is 2. The molecular formula is C20H19NO3S. The maximum atomic E-state index is 12.3. The number of benzene rings is 2. The number of carbonyl (C=O) groups excluding carboxylic acids is 1. The Morgan fingerprint density at radius 3 is 2.40 bits per heavy atom. The van der Waals surface area contributed by atoms with Crippen molar-refractivity contribution in [2.45, 2.75) is 13.5 Å². The smallest absolute Gasteiger partial charge is 0.265 e. The molecular weight excluding hydrogens is 334 g/mol. The molecule has 2 aromatic carbocycles. The Labute approximate surface area is 151 Å². The van der Waals surface area contributed by atoms with Crippen LogP contribution in [0.3, 0.4) is 0 Å². The number of thiophene rings is 1. The molecule has 5 heteroatoms. The van der Waals surface area contributed by atoms with Crippen LogP contribution in [0.2, 0.25) is 0 Å². The highest BCUT2D eigenvalue weighted by Gasteiger charge is 2.11. The first-order valence-corrected chi connectivity index (χ1v) is 8.92. The molecule has 0 atom stereocenters. The molecule has 4 nitrogen and oxygen atoms in total. The molecule has 128 valence electrons. The molecule has 0 bridgehead atoms. The van der Waals surface area contributed by atoms with Crippen LogP contribution in [0.5, 0.6) is 11.5 Å². The Morgan fingerprint density at radius 1 is 1.00 bits per heavy atom. The average Bonchev–Trinajstić information content (AvgIpc) is 3.11. The van der Waals surface area contributed by atoms with E-state index in [9.17, 15) is 4.79 Å². The van der Waals surface area contributed by atoms with E-state index in [1.54, 1.807) is 0 Å². The number of carbonyl (C=O) groups is 1. The Bertz CT molecular complexity index is 830. The van der Waals surface area contributed by atoms with Gasteiger partial charge in [0, 0.05) is 11.3 Å². The molecule has 0 saturated carbocycles. The number of hydrogen-bond donors (Lipinski definition) is 1. The summed E-state index contributed by atoms with van der Waals surface area (Å²) in [6.45, 7) is 2.91. The Morgan fingerprint density at radius 2 is 1.68 bits per heavy atom. The third kappa shape index (κ3) is 4.61. The third-order valence-electron chi connectivity index (χ3n) is 3.45. The molecule has 3 aromatic rings. The fourth-order valence-electron chi connectivity index (χ4n) is 2.29. The highest BCUT2D eigenvalue weighted by atomic mass is 32.1. The molecule has 0 aliphatic heterocycles. The van der Waals surface area contributed by atoms with Crippen molar-refractivity contribution in [3.05, 3.63) is 76.5 Å². The van der Waals surface area contributed by atoms with Gasteiger partial charge < -0.3 is 14.8 Å². The van der Waals surface area contributed by atoms with Crippen LogP contribution in [0.25, 0.3) is 0 Å². The van der Waals surface area contributed by atoms with Crippen molar-refractivity contribution in [3.8, 4) is 11.5 Å². The minimum Gasteiger partial charge on any atom is -0.490 e. The second kappa shape index (κ2) is 8.35. The maximum absolute atomic E-state index is 12.3. The molecule has 1 N–H and O–H groups in total. The highest BCUT2D eigenvalue weighted by Crippen LogP contribution is 2.28. The van der Waals surface area contributed by atoms with Crippen molar-refractivity contribution >= 4 is 22.9 Å². The van der Waals surface area contributed by atoms with E-state index in [1.165, 1.54) is 11.3 Å². The van der Waals surface area contributed by atoms with Crippen molar-refractivity contribution in [2.75, 3.05) is 11.9 Å². The number of rotatable bonds is 7. The quantitative estimate of drug-likeness (QED) is 0.652.